The van der Waals surface area contributed by atoms with Crippen LogP contribution in [-0.4, -0.2) is 20.8 Å². The van der Waals surface area contributed by atoms with Crippen molar-refractivity contribution in [3.8, 4) is 10.6 Å². The average molecular weight is 364 g/mol. The van der Waals surface area contributed by atoms with Crippen LogP contribution in [0, 0.1) is 0 Å². The van der Waals surface area contributed by atoms with E-state index in [0.29, 0.717) is 18.8 Å². The van der Waals surface area contributed by atoms with Gasteiger partial charge in [-0.15, -0.1) is 11.3 Å². The molecule has 0 saturated carbocycles. The number of carbonyl (C=O) groups is 1. The van der Waals surface area contributed by atoms with Crippen LogP contribution in [0.5, 0.6) is 0 Å². The Bertz CT molecular complexity index is 990. The summed E-state index contributed by atoms with van der Waals surface area (Å²) in [6, 6.07) is 15.4. The molecular weight excluding hydrogens is 348 g/mol. The predicted molar refractivity (Wildman–Crippen MR) is 98.8 cm³/mol. The van der Waals surface area contributed by atoms with Crippen molar-refractivity contribution in [1.29, 1.82) is 0 Å². The molecule has 0 unspecified atom stereocenters. The Morgan fingerprint density at radius 3 is 2.81 bits per heavy atom. The third kappa shape index (κ3) is 3.57. The second-order valence-electron chi connectivity index (χ2n) is 5.71. The molecule has 0 aliphatic carbocycles. The van der Waals surface area contributed by atoms with Crippen molar-refractivity contribution in [3.05, 3.63) is 83.1 Å². The number of hydrogen-bond donors (Lipinski definition) is 1. The lowest BCUT2D eigenvalue weighted by molar-refractivity contribution is 0.0942. The molecule has 0 aliphatic heterocycles. The lowest BCUT2D eigenvalue weighted by atomic mass is 10.1. The first-order valence-electron chi connectivity index (χ1n) is 8.12. The van der Waals surface area contributed by atoms with Gasteiger partial charge in [0.1, 0.15) is 0 Å². The van der Waals surface area contributed by atoms with Crippen LogP contribution in [0.2, 0.25) is 0 Å². The summed E-state index contributed by atoms with van der Waals surface area (Å²) in [5.74, 6) is 0.342. The van der Waals surface area contributed by atoms with Gasteiger partial charge >= 0.3 is 0 Å². The summed E-state index contributed by atoms with van der Waals surface area (Å²) in [6.45, 7) is 1.07. The fourth-order valence-electron chi connectivity index (χ4n) is 2.64. The molecule has 0 saturated heterocycles. The summed E-state index contributed by atoms with van der Waals surface area (Å²) < 4.78 is 7.12. The first-order valence-corrected chi connectivity index (χ1v) is 9.00. The summed E-state index contributed by atoms with van der Waals surface area (Å²) >= 11 is 1.54. The number of thiophene rings is 1. The number of nitrogens with one attached hydrogen (secondary N) is 1. The Labute approximate surface area is 154 Å². The molecule has 0 radical (unpaired) electrons. The fourth-order valence-corrected chi connectivity index (χ4v) is 3.31. The Morgan fingerprint density at radius 2 is 2.04 bits per heavy atom. The van der Waals surface area contributed by atoms with E-state index >= 15 is 0 Å². The minimum absolute atomic E-state index is 0.259. The van der Waals surface area contributed by atoms with E-state index in [1.165, 1.54) is 0 Å². The quantitative estimate of drug-likeness (QED) is 0.568. The van der Waals surface area contributed by atoms with Gasteiger partial charge in [-0.3, -0.25) is 9.48 Å². The Hall–Kier alpha value is -3.19. The van der Waals surface area contributed by atoms with E-state index in [1.807, 2.05) is 58.7 Å². The van der Waals surface area contributed by atoms with Crippen molar-refractivity contribution in [3.63, 3.8) is 0 Å². The highest BCUT2D eigenvalue weighted by atomic mass is 32.1. The van der Waals surface area contributed by atoms with Crippen molar-refractivity contribution in [2.75, 3.05) is 0 Å². The zero-order valence-electron chi connectivity index (χ0n) is 13.8. The summed E-state index contributed by atoms with van der Waals surface area (Å²) in [5, 5.41) is 13.0. The van der Waals surface area contributed by atoms with Crippen molar-refractivity contribution in [1.82, 2.24) is 20.3 Å². The molecule has 0 fully saturated rings. The maximum absolute atomic E-state index is 12.4. The van der Waals surface area contributed by atoms with Gasteiger partial charge in [0.2, 0.25) is 0 Å². The maximum Gasteiger partial charge on any atom is 0.273 e. The topological polar surface area (TPSA) is 73.0 Å². The number of hydrogen-bond acceptors (Lipinski definition) is 5. The van der Waals surface area contributed by atoms with Gasteiger partial charge in [0.25, 0.3) is 5.91 Å². The van der Waals surface area contributed by atoms with Crippen LogP contribution in [0.15, 0.2) is 70.8 Å². The van der Waals surface area contributed by atoms with Gasteiger partial charge in [-0.25, -0.2) is 0 Å². The van der Waals surface area contributed by atoms with Gasteiger partial charge in [-0.05, 0) is 28.6 Å². The average Bonchev–Trinajstić information content (AvgIpc) is 3.41. The van der Waals surface area contributed by atoms with Crippen LogP contribution in [-0.2, 0) is 13.1 Å². The molecule has 0 atom stereocenters. The minimum atomic E-state index is -0.259. The molecule has 7 heteroatoms. The molecule has 6 nitrogen and oxygen atoms in total. The van der Waals surface area contributed by atoms with Crippen LogP contribution >= 0.6 is 11.3 Å². The smallest absolute Gasteiger partial charge is 0.273 e. The van der Waals surface area contributed by atoms with Crippen LogP contribution in [0.3, 0.4) is 0 Å². The van der Waals surface area contributed by atoms with Crippen molar-refractivity contribution < 1.29 is 9.32 Å². The fraction of sp³-hybridized carbons (Fsp3) is 0.105. The number of carbonyl (C=O) groups excluding carboxylic acids is 1. The summed E-state index contributed by atoms with van der Waals surface area (Å²) in [7, 11) is 0. The Kier molecular flexibility index (Phi) is 4.61. The van der Waals surface area contributed by atoms with Gasteiger partial charge in [0.05, 0.1) is 11.4 Å². The third-order valence-corrected chi connectivity index (χ3v) is 4.84. The van der Waals surface area contributed by atoms with E-state index in [1.54, 1.807) is 23.6 Å². The molecule has 130 valence electrons. The van der Waals surface area contributed by atoms with Gasteiger partial charge < -0.3 is 9.84 Å². The summed E-state index contributed by atoms with van der Waals surface area (Å²) in [5.41, 5.74) is 2.42. The highest BCUT2D eigenvalue weighted by Gasteiger charge is 2.14. The molecule has 26 heavy (non-hydrogen) atoms. The molecule has 1 amide bonds. The van der Waals surface area contributed by atoms with Crippen molar-refractivity contribution in [2.24, 2.45) is 0 Å². The monoisotopic (exact) mass is 364 g/mol. The number of aromatic nitrogens is 3. The van der Waals surface area contributed by atoms with Crippen molar-refractivity contribution in [2.45, 2.75) is 13.1 Å². The molecular formula is C19H16N4O2S. The molecule has 3 heterocycles. The molecule has 0 spiro atoms. The molecule has 4 rings (SSSR count). The lowest BCUT2D eigenvalue weighted by Crippen LogP contribution is -2.24. The number of nitrogens with zero attached hydrogens (tertiary/aromatic N) is 3. The third-order valence-electron chi connectivity index (χ3n) is 3.96. The van der Waals surface area contributed by atoms with Crippen LogP contribution in [0.4, 0.5) is 0 Å². The van der Waals surface area contributed by atoms with E-state index < -0.39 is 0 Å². The second-order valence-corrected chi connectivity index (χ2v) is 6.66. The standard InChI is InChI=1S/C19H16N4O2S/c24-19(16-11-17(25-22-16)18-7-3-10-26-18)20-12-14-5-1-2-6-15(14)13-23-9-4-8-21-23/h1-11H,12-13H2,(H,20,24). The minimum Gasteiger partial charge on any atom is -0.355 e. The largest absolute Gasteiger partial charge is 0.355 e. The first kappa shape index (κ1) is 16.3. The van der Waals surface area contributed by atoms with E-state index in [0.717, 1.165) is 16.0 Å². The Morgan fingerprint density at radius 1 is 1.15 bits per heavy atom. The SMILES string of the molecule is O=C(NCc1ccccc1Cn1cccn1)c1cc(-c2cccs2)on1. The van der Waals surface area contributed by atoms with Gasteiger partial charge in [0.15, 0.2) is 11.5 Å². The zero-order valence-corrected chi connectivity index (χ0v) is 14.6. The highest BCUT2D eigenvalue weighted by molar-refractivity contribution is 7.13. The van der Waals surface area contributed by atoms with E-state index in [-0.39, 0.29) is 11.6 Å². The second kappa shape index (κ2) is 7.37. The van der Waals surface area contributed by atoms with E-state index in [4.69, 9.17) is 4.52 Å². The van der Waals surface area contributed by atoms with Gasteiger partial charge in [-0.1, -0.05) is 35.5 Å². The summed E-state index contributed by atoms with van der Waals surface area (Å²) in [6.07, 6.45) is 3.66. The predicted octanol–water partition coefficient (Wildman–Crippen LogP) is 3.58. The molecule has 0 aliphatic rings. The van der Waals surface area contributed by atoms with Crippen molar-refractivity contribution >= 4 is 17.2 Å². The van der Waals surface area contributed by atoms with Crippen LogP contribution < -0.4 is 5.32 Å². The number of benzene rings is 1. The Balaban J connectivity index is 1.43. The molecule has 1 aromatic carbocycles. The van der Waals surface area contributed by atoms with Crippen LogP contribution in [0.25, 0.3) is 10.6 Å². The highest BCUT2D eigenvalue weighted by Crippen LogP contribution is 2.25. The maximum atomic E-state index is 12.4. The molecule has 0 bridgehead atoms. The molecule has 3 aromatic heterocycles. The number of amides is 1. The lowest BCUT2D eigenvalue weighted by Gasteiger charge is -2.10. The van der Waals surface area contributed by atoms with E-state index in [9.17, 15) is 4.79 Å². The summed E-state index contributed by atoms with van der Waals surface area (Å²) in [4.78, 5) is 13.3. The first-order chi connectivity index (χ1) is 12.8. The molecule has 4 aromatic rings. The van der Waals surface area contributed by atoms with Gasteiger partial charge in [0, 0.05) is 25.0 Å². The van der Waals surface area contributed by atoms with Crippen LogP contribution in [0.1, 0.15) is 21.6 Å². The number of rotatable bonds is 6. The van der Waals surface area contributed by atoms with E-state index in [2.05, 4.69) is 15.6 Å². The molecule has 1 N–H and O–H groups in total. The van der Waals surface area contributed by atoms with Gasteiger partial charge in [-0.2, -0.15) is 5.10 Å². The normalized spacial score (nSPS) is 10.8. The zero-order chi connectivity index (χ0) is 17.8.